The zero-order valence-electron chi connectivity index (χ0n) is 12.7. The average Bonchev–Trinajstić information content (AvgIpc) is 2.98. The van der Waals surface area contributed by atoms with Gasteiger partial charge in [0.25, 0.3) is 0 Å². The van der Waals surface area contributed by atoms with Gasteiger partial charge in [0, 0.05) is 22.4 Å². The fourth-order valence-electron chi connectivity index (χ4n) is 2.36. The van der Waals surface area contributed by atoms with Crippen LogP contribution in [0, 0.1) is 0 Å². The second kappa shape index (κ2) is 6.22. The number of pyridine rings is 1. The second-order valence-corrected chi connectivity index (χ2v) is 5.46. The van der Waals surface area contributed by atoms with Gasteiger partial charge in [0.15, 0.2) is 0 Å². The Morgan fingerprint density at radius 2 is 2.13 bits per heavy atom. The molecule has 0 radical (unpaired) electrons. The number of ether oxygens (including phenoxy) is 1. The van der Waals surface area contributed by atoms with Gasteiger partial charge in [0.1, 0.15) is 5.69 Å². The van der Waals surface area contributed by atoms with Crippen LogP contribution in [0.5, 0.6) is 0 Å². The van der Waals surface area contributed by atoms with Crippen LogP contribution >= 0.6 is 11.6 Å². The number of esters is 1. The average molecular weight is 328 g/mol. The third kappa shape index (κ3) is 2.96. The summed E-state index contributed by atoms with van der Waals surface area (Å²) >= 11 is 6.11. The predicted molar refractivity (Wildman–Crippen MR) is 89.1 cm³/mol. The smallest absolute Gasteiger partial charge is 0.333 e. The van der Waals surface area contributed by atoms with Gasteiger partial charge in [0.2, 0.25) is 0 Å². The molecule has 0 aliphatic rings. The maximum absolute atomic E-state index is 11.7. The summed E-state index contributed by atoms with van der Waals surface area (Å²) in [6, 6.07) is 11.2. The van der Waals surface area contributed by atoms with E-state index in [0.717, 1.165) is 22.3 Å². The van der Waals surface area contributed by atoms with Gasteiger partial charge in [-0.2, -0.15) is 0 Å². The fraction of sp³-hybridized carbons (Fsp3) is 0.118. The molecule has 0 spiro atoms. The molecule has 2 heterocycles. The van der Waals surface area contributed by atoms with Crippen molar-refractivity contribution in [3.63, 3.8) is 0 Å². The molecule has 0 fully saturated rings. The minimum absolute atomic E-state index is 0.385. The first-order valence-corrected chi connectivity index (χ1v) is 7.34. The van der Waals surface area contributed by atoms with Crippen molar-refractivity contribution in [1.82, 2.24) is 14.8 Å². The molecule has 5 nitrogen and oxygen atoms in total. The van der Waals surface area contributed by atoms with Gasteiger partial charge in [0.05, 0.1) is 12.6 Å². The Labute approximate surface area is 138 Å². The van der Waals surface area contributed by atoms with Crippen molar-refractivity contribution in [2.45, 2.75) is 6.92 Å². The van der Waals surface area contributed by atoms with E-state index in [1.54, 1.807) is 29.6 Å². The number of hydrogen-bond acceptors (Lipinski definition) is 4. The van der Waals surface area contributed by atoms with E-state index >= 15 is 0 Å². The molecule has 0 bridgehead atoms. The number of benzene rings is 1. The van der Waals surface area contributed by atoms with Crippen LogP contribution in [0.3, 0.4) is 0 Å². The predicted octanol–water partition coefficient (Wildman–Crippen LogP) is 3.63. The zero-order chi connectivity index (χ0) is 16.4. The van der Waals surface area contributed by atoms with Gasteiger partial charge in [-0.3, -0.25) is 0 Å². The summed E-state index contributed by atoms with van der Waals surface area (Å²) in [6.45, 7) is 1.69. The number of aromatic nitrogens is 3. The fourth-order valence-corrected chi connectivity index (χ4v) is 2.54. The van der Waals surface area contributed by atoms with Crippen LogP contribution in [0.25, 0.3) is 22.9 Å². The number of rotatable bonds is 3. The van der Waals surface area contributed by atoms with Crippen molar-refractivity contribution in [1.29, 1.82) is 0 Å². The van der Waals surface area contributed by atoms with E-state index in [1.807, 2.05) is 30.5 Å². The van der Waals surface area contributed by atoms with Crippen LogP contribution in [0.2, 0.25) is 5.02 Å². The highest BCUT2D eigenvalue weighted by Crippen LogP contribution is 2.29. The Bertz CT molecular complexity index is 915. The Morgan fingerprint density at radius 1 is 1.30 bits per heavy atom. The van der Waals surface area contributed by atoms with Gasteiger partial charge in [-0.1, -0.05) is 28.9 Å². The van der Waals surface area contributed by atoms with Gasteiger partial charge in [-0.05, 0) is 42.8 Å². The van der Waals surface area contributed by atoms with E-state index in [4.69, 9.17) is 16.3 Å². The van der Waals surface area contributed by atoms with Gasteiger partial charge >= 0.3 is 5.97 Å². The number of carbonyl (C=O) groups excluding carboxylic acids is 1. The summed E-state index contributed by atoms with van der Waals surface area (Å²) in [7, 11) is 1.35. The lowest BCUT2D eigenvalue weighted by atomic mass is 10.0. The third-order valence-corrected chi connectivity index (χ3v) is 3.71. The molecule has 3 aromatic rings. The summed E-state index contributed by atoms with van der Waals surface area (Å²) in [5, 5.41) is 8.94. The van der Waals surface area contributed by atoms with Crippen LogP contribution in [-0.2, 0) is 9.53 Å². The van der Waals surface area contributed by atoms with E-state index in [-0.39, 0.29) is 5.97 Å². The summed E-state index contributed by atoms with van der Waals surface area (Å²) in [5.74, 6) is -0.385. The lowest BCUT2D eigenvalue weighted by Gasteiger charge is -2.06. The Morgan fingerprint density at radius 3 is 2.91 bits per heavy atom. The normalized spacial score (nSPS) is 11.7. The van der Waals surface area contributed by atoms with Crippen LogP contribution in [0.1, 0.15) is 12.5 Å². The van der Waals surface area contributed by atoms with Crippen molar-refractivity contribution in [2.75, 3.05) is 7.11 Å². The lowest BCUT2D eigenvalue weighted by molar-refractivity contribution is -0.135. The van der Waals surface area contributed by atoms with Crippen molar-refractivity contribution < 1.29 is 9.53 Å². The lowest BCUT2D eigenvalue weighted by Crippen LogP contribution is -2.01. The topological polar surface area (TPSA) is 56.5 Å². The molecule has 0 aliphatic carbocycles. The number of hydrogen-bond donors (Lipinski definition) is 0. The number of halogens is 1. The Balaban J connectivity index is 2.19. The van der Waals surface area contributed by atoms with Crippen molar-refractivity contribution in [3.8, 4) is 11.3 Å². The molecule has 3 rings (SSSR count). The van der Waals surface area contributed by atoms with Gasteiger partial charge in [-0.25, -0.2) is 9.31 Å². The molecular weight excluding hydrogens is 314 g/mol. The largest absolute Gasteiger partial charge is 0.466 e. The van der Waals surface area contributed by atoms with Crippen LogP contribution < -0.4 is 0 Å². The first-order valence-electron chi connectivity index (χ1n) is 6.96. The summed E-state index contributed by atoms with van der Waals surface area (Å²) in [5.41, 5.74) is 3.71. The van der Waals surface area contributed by atoms with Gasteiger partial charge < -0.3 is 4.74 Å². The highest BCUT2D eigenvalue weighted by molar-refractivity contribution is 6.30. The molecule has 2 aromatic heterocycles. The van der Waals surface area contributed by atoms with Crippen LogP contribution in [-0.4, -0.2) is 27.9 Å². The molecule has 116 valence electrons. The van der Waals surface area contributed by atoms with Crippen molar-refractivity contribution in [2.24, 2.45) is 0 Å². The minimum atomic E-state index is -0.385. The number of nitrogens with zero attached hydrogens (tertiary/aromatic N) is 3. The molecule has 6 heteroatoms. The summed E-state index contributed by atoms with van der Waals surface area (Å²) in [6.07, 6.45) is 3.57. The molecule has 0 atom stereocenters. The second-order valence-electron chi connectivity index (χ2n) is 5.02. The quantitative estimate of drug-likeness (QED) is 0.544. The number of carbonyl (C=O) groups is 1. The molecule has 0 saturated heterocycles. The maximum atomic E-state index is 11.7. The summed E-state index contributed by atoms with van der Waals surface area (Å²) < 4.78 is 6.44. The van der Waals surface area contributed by atoms with Crippen molar-refractivity contribution in [3.05, 3.63) is 58.8 Å². The van der Waals surface area contributed by atoms with E-state index in [2.05, 4.69) is 10.3 Å². The highest BCUT2D eigenvalue weighted by atomic mass is 35.5. The number of fused-ring (bicyclic) bond motifs is 1. The first kappa shape index (κ1) is 15.2. The minimum Gasteiger partial charge on any atom is -0.466 e. The molecule has 23 heavy (non-hydrogen) atoms. The monoisotopic (exact) mass is 327 g/mol. The van der Waals surface area contributed by atoms with E-state index in [9.17, 15) is 4.79 Å². The molecule has 1 aromatic carbocycles. The highest BCUT2D eigenvalue weighted by Gasteiger charge is 2.13. The number of methoxy groups -OCH3 is 1. The standard InChI is InChI=1S/C17H14ClN3O2/c1-11(17(22)23-2)9-12-10-13(18)6-7-14(12)16-15-5-3-4-8-21(15)20-19-16/h3-10H,1-2H3/b11-9+. The third-order valence-electron chi connectivity index (χ3n) is 3.47. The van der Waals surface area contributed by atoms with E-state index < -0.39 is 0 Å². The maximum Gasteiger partial charge on any atom is 0.333 e. The molecule has 0 unspecified atom stereocenters. The zero-order valence-corrected chi connectivity index (χ0v) is 13.4. The Hall–Kier alpha value is -2.66. The van der Waals surface area contributed by atoms with E-state index in [0.29, 0.717) is 10.6 Å². The molecule has 0 N–H and O–H groups in total. The molecule has 0 aliphatic heterocycles. The first-order chi connectivity index (χ1) is 11.1. The van der Waals surface area contributed by atoms with E-state index in [1.165, 1.54) is 7.11 Å². The van der Waals surface area contributed by atoms with Crippen molar-refractivity contribution >= 4 is 29.2 Å². The molecule has 0 amide bonds. The molecule has 0 saturated carbocycles. The van der Waals surface area contributed by atoms with Crippen LogP contribution in [0.4, 0.5) is 0 Å². The molecular formula is C17H14ClN3O2. The van der Waals surface area contributed by atoms with Gasteiger partial charge in [-0.15, -0.1) is 5.10 Å². The SMILES string of the molecule is COC(=O)/C(C)=C/c1cc(Cl)ccc1-c1nnn2ccccc12. The summed E-state index contributed by atoms with van der Waals surface area (Å²) in [4.78, 5) is 11.7. The van der Waals surface area contributed by atoms with Crippen LogP contribution in [0.15, 0.2) is 48.2 Å². The Kier molecular flexibility index (Phi) is 4.12.